The molecule has 1 N–H and O–H groups in total. The number of rotatable bonds is 0. The van der Waals surface area contributed by atoms with E-state index >= 15 is 0 Å². The summed E-state index contributed by atoms with van der Waals surface area (Å²) in [6.45, 7) is 6.06. The third kappa shape index (κ3) is 1.30. The lowest BCUT2D eigenvalue weighted by Gasteiger charge is -2.19. The van der Waals surface area contributed by atoms with Gasteiger partial charge < -0.3 is 4.98 Å². The van der Waals surface area contributed by atoms with Crippen LogP contribution in [0, 0.1) is 0 Å². The second kappa shape index (κ2) is 2.67. The molecule has 0 amide bonds. The van der Waals surface area contributed by atoms with Gasteiger partial charge in [-0.2, -0.15) is 5.10 Å². The number of nitrogens with zero attached hydrogens (tertiary/aromatic N) is 3. The van der Waals surface area contributed by atoms with Crippen LogP contribution in [0.1, 0.15) is 20.8 Å². The van der Waals surface area contributed by atoms with Crippen LogP contribution in [0.2, 0.25) is 0 Å². The second-order valence-corrected chi connectivity index (χ2v) is 4.21. The van der Waals surface area contributed by atoms with E-state index in [1.54, 1.807) is 10.9 Å². The highest BCUT2D eigenvalue weighted by molar-refractivity contribution is 5.68. The van der Waals surface area contributed by atoms with Gasteiger partial charge in [0, 0.05) is 0 Å². The van der Waals surface area contributed by atoms with E-state index in [2.05, 4.69) is 15.1 Å². The van der Waals surface area contributed by atoms with Crippen LogP contribution in [0.25, 0.3) is 11.2 Å². The molecule has 0 saturated heterocycles. The quantitative estimate of drug-likeness (QED) is 0.673. The molecule has 0 unspecified atom stereocenters. The molecule has 2 aromatic heterocycles. The minimum Gasteiger partial charge on any atom is -0.304 e. The minimum atomic E-state index is -0.205. The fourth-order valence-corrected chi connectivity index (χ4v) is 1.34. The van der Waals surface area contributed by atoms with E-state index in [-0.39, 0.29) is 11.1 Å². The Morgan fingerprint density at radius 3 is 2.71 bits per heavy atom. The number of nitrogens with one attached hydrogen (secondary N) is 1. The summed E-state index contributed by atoms with van der Waals surface area (Å²) in [6.07, 6.45) is 2.91. The Balaban J connectivity index is 2.80. The third-order valence-electron chi connectivity index (χ3n) is 1.95. The smallest absolute Gasteiger partial charge is 0.268 e. The highest BCUT2D eigenvalue weighted by atomic mass is 16.1. The lowest BCUT2D eigenvalue weighted by Crippen LogP contribution is -2.24. The summed E-state index contributed by atoms with van der Waals surface area (Å²) in [5, 5.41) is 4.19. The zero-order valence-electron chi connectivity index (χ0n) is 8.40. The molecule has 0 aromatic carbocycles. The van der Waals surface area contributed by atoms with Crippen LogP contribution in [0.3, 0.4) is 0 Å². The monoisotopic (exact) mass is 192 g/mol. The van der Waals surface area contributed by atoms with E-state index in [1.165, 1.54) is 6.20 Å². The van der Waals surface area contributed by atoms with Crippen LogP contribution in [-0.4, -0.2) is 19.7 Å². The van der Waals surface area contributed by atoms with E-state index in [4.69, 9.17) is 0 Å². The average molecular weight is 192 g/mol. The van der Waals surface area contributed by atoms with Gasteiger partial charge in [0.2, 0.25) is 0 Å². The second-order valence-electron chi connectivity index (χ2n) is 4.21. The zero-order valence-corrected chi connectivity index (χ0v) is 8.40. The average Bonchev–Trinajstić information content (AvgIpc) is 2.45. The van der Waals surface area contributed by atoms with Gasteiger partial charge >= 0.3 is 0 Å². The Bertz CT molecular complexity index is 517. The predicted octanol–water partition coefficient (Wildman–Crippen LogP) is 0.875. The molecule has 0 spiro atoms. The number of hydrogen-bond acceptors (Lipinski definition) is 3. The van der Waals surface area contributed by atoms with Crippen LogP contribution < -0.4 is 5.56 Å². The number of aromatic amines is 1. The van der Waals surface area contributed by atoms with Crippen LogP contribution in [0.5, 0.6) is 0 Å². The first-order valence-corrected chi connectivity index (χ1v) is 4.42. The van der Waals surface area contributed by atoms with Crippen molar-refractivity contribution >= 4 is 11.2 Å². The van der Waals surface area contributed by atoms with Gasteiger partial charge in [-0.05, 0) is 20.8 Å². The van der Waals surface area contributed by atoms with Gasteiger partial charge in [0.05, 0.1) is 17.9 Å². The molecule has 0 aliphatic heterocycles. The fourth-order valence-electron chi connectivity index (χ4n) is 1.34. The molecule has 0 bridgehead atoms. The topological polar surface area (TPSA) is 63.6 Å². The Morgan fingerprint density at radius 1 is 1.36 bits per heavy atom. The highest BCUT2D eigenvalue weighted by Crippen LogP contribution is 2.17. The number of hydrogen-bond donors (Lipinski definition) is 1. The number of fused-ring (bicyclic) bond motifs is 1. The Labute approximate surface area is 80.8 Å². The number of aromatic nitrogens is 4. The lowest BCUT2D eigenvalue weighted by molar-refractivity contribution is 0.365. The molecule has 14 heavy (non-hydrogen) atoms. The van der Waals surface area contributed by atoms with Gasteiger partial charge in [-0.3, -0.25) is 4.79 Å². The van der Waals surface area contributed by atoms with Gasteiger partial charge in [-0.1, -0.05) is 0 Å². The van der Waals surface area contributed by atoms with Crippen molar-refractivity contribution in [1.29, 1.82) is 0 Å². The van der Waals surface area contributed by atoms with E-state index < -0.39 is 0 Å². The van der Waals surface area contributed by atoms with Gasteiger partial charge in [0.1, 0.15) is 5.52 Å². The number of H-pyrrole nitrogens is 1. The molecule has 5 nitrogen and oxygen atoms in total. The summed E-state index contributed by atoms with van der Waals surface area (Å²) in [6, 6.07) is 0. The van der Waals surface area contributed by atoms with Crippen molar-refractivity contribution in [2.24, 2.45) is 0 Å². The summed E-state index contributed by atoms with van der Waals surface area (Å²) in [5.41, 5.74) is 1.02. The lowest BCUT2D eigenvalue weighted by atomic mass is 10.1. The normalized spacial score (nSPS) is 12.2. The standard InChI is InChI=1S/C9H12N4O/c1-9(2,3)13-8-6(4-11-13)10-5-7(14)12-8/h4-5H,1-3H3,(H,12,14). The molecule has 0 saturated carbocycles. The van der Waals surface area contributed by atoms with Crippen LogP contribution in [-0.2, 0) is 5.54 Å². The summed E-state index contributed by atoms with van der Waals surface area (Å²) < 4.78 is 1.76. The molecule has 5 heteroatoms. The summed E-state index contributed by atoms with van der Waals surface area (Å²) in [4.78, 5) is 17.8. The van der Waals surface area contributed by atoms with E-state index in [0.717, 1.165) is 0 Å². The van der Waals surface area contributed by atoms with Crippen molar-refractivity contribution in [2.75, 3.05) is 0 Å². The Kier molecular flexibility index (Phi) is 1.70. The summed E-state index contributed by atoms with van der Waals surface area (Å²) >= 11 is 0. The molecule has 2 heterocycles. The maximum atomic E-state index is 11.1. The van der Waals surface area contributed by atoms with E-state index in [1.807, 2.05) is 20.8 Å². The molecule has 2 aromatic rings. The van der Waals surface area contributed by atoms with Crippen LogP contribution in [0.15, 0.2) is 17.2 Å². The Morgan fingerprint density at radius 2 is 2.07 bits per heavy atom. The van der Waals surface area contributed by atoms with Crippen molar-refractivity contribution in [3.8, 4) is 0 Å². The van der Waals surface area contributed by atoms with Gasteiger partial charge in [-0.15, -0.1) is 0 Å². The van der Waals surface area contributed by atoms with Gasteiger partial charge in [0.25, 0.3) is 5.56 Å². The molecule has 0 radical (unpaired) electrons. The molecule has 0 aliphatic rings. The van der Waals surface area contributed by atoms with Crippen LogP contribution >= 0.6 is 0 Å². The highest BCUT2D eigenvalue weighted by Gasteiger charge is 2.17. The summed E-state index contributed by atoms with van der Waals surface area (Å²) in [7, 11) is 0. The fraction of sp³-hybridized carbons (Fsp3) is 0.444. The van der Waals surface area contributed by atoms with Crippen molar-refractivity contribution in [3.63, 3.8) is 0 Å². The van der Waals surface area contributed by atoms with Crippen molar-refractivity contribution in [1.82, 2.24) is 19.7 Å². The van der Waals surface area contributed by atoms with Gasteiger partial charge in [0.15, 0.2) is 5.65 Å². The van der Waals surface area contributed by atoms with Crippen molar-refractivity contribution in [3.05, 3.63) is 22.7 Å². The first-order chi connectivity index (χ1) is 6.48. The summed E-state index contributed by atoms with van der Waals surface area (Å²) in [5.74, 6) is 0. The van der Waals surface area contributed by atoms with Crippen molar-refractivity contribution < 1.29 is 0 Å². The molecule has 0 fully saturated rings. The largest absolute Gasteiger partial charge is 0.304 e. The predicted molar refractivity (Wildman–Crippen MR) is 53.1 cm³/mol. The minimum absolute atomic E-state index is 0.159. The third-order valence-corrected chi connectivity index (χ3v) is 1.95. The molecule has 0 atom stereocenters. The zero-order chi connectivity index (χ0) is 10.3. The van der Waals surface area contributed by atoms with Crippen molar-refractivity contribution in [2.45, 2.75) is 26.3 Å². The maximum absolute atomic E-state index is 11.1. The van der Waals surface area contributed by atoms with E-state index in [9.17, 15) is 4.79 Å². The van der Waals surface area contributed by atoms with Gasteiger partial charge in [-0.25, -0.2) is 9.67 Å². The molecular formula is C9H12N4O. The SMILES string of the molecule is CC(C)(C)n1ncc2ncc(=O)[nH]c21. The first kappa shape index (κ1) is 8.93. The van der Waals surface area contributed by atoms with E-state index in [0.29, 0.717) is 11.2 Å². The Hall–Kier alpha value is -1.65. The molecular weight excluding hydrogens is 180 g/mol. The molecule has 74 valence electrons. The first-order valence-electron chi connectivity index (χ1n) is 4.42. The molecule has 2 rings (SSSR count). The maximum Gasteiger partial charge on any atom is 0.268 e. The molecule has 0 aliphatic carbocycles. The van der Waals surface area contributed by atoms with Crippen LogP contribution in [0.4, 0.5) is 0 Å².